The minimum atomic E-state index is -1.25. The molecule has 2 aromatic rings. The van der Waals surface area contributed by atoms with Crippen molar-refractivity contribution in [2.45, 2.75) is 51.8 Å². The van der Waals surface area contributed by atoms with Crippen LogP contribution in [-0.4, -0.2) is 55.8 Å². The number of carbonyl (C=O) groups excluding carboxylic acids is 1. The molecule has 29 heavy (non-hydrogen) atoms. The summed E-state index contributed by atoms with van der Waals surface area (Å²) in [7, 11) is 0. The van der Waals surface area contributed by atoms with Crippen LogP contribution < -0.4 is 5.32 Å². The van der Waals surface area contributed by atoms with Crippen molar-refractivity contribution in [3.8, 4) is 0 Å². The summed E-state index contributed by atoms with van der Waals surface area (Å²) < 4.78 is 0. The van der Waals surface area contributed by atoms with Gasteiger partial charge < -0.3 is 25.4 Å². The molecule has 0 radical (unpaired) electrons. The Labute approximate surface area is 170 Å². The first-order chi connectivity index (χ1) is 13.6. The second kappa shape index (κ2) is 8.24. The number of rotatable bonds is 5. The number of nitrogens with zero attached hydrogens (tertiary/aromatic N) is 2. The number of H-pyrrole nitrogens is 1. The first-order valence-electron chi connectivity index (χ1n) is 9.71. The van der Waals surface area contributed by atoms with Crippen molar-refractivity contribution in [2.24, 2.45) is 5.41 Å². The van der Waals surface area contributed by atoms with Crippen molar-refractivity contribution in [3.63, 3.8) is 0 Å². The number of hydrogen-bond donors (Lipinski definition) is 4. The zero-order valence-corrected chi connectivity index (χ0v) is 16.9. The van der Waals surface area contributed by atoms with Gasteiger partial charge in [0.25, 0.3) is 0 Å². The number of aliphatic hydroxyl groups excluding tert-OH is 1. The maximum Gasteiger partial charge on any atom is 0.405 e. The van der Waals surface area contributed by atoms with Gasteiger partial charge in [0, 0.05) is 31.3 Å². The highest BCUT2D eigenvalue weighted by Crippen LogP contribution is 2.33. The van der Waals surface area contributed by atoms with E-state index in [-0.39, 0.29) is 12.5 Å². The number of aliphatic hydroxyl groups is 1. The number of nitrogens with one attached hydrogen (secondary N) is 2. The van der Waals surface area contributed by atoms with Crippen molar-refractivity contribution >= 4 is 12.0 Å². The van der Waals surface area contributed by atoms with Gasteiger partial charge in [-0.3, -0.25) is 4.79 Å². The fourth-order valence-electron chi connectivity index (χ4n) is 3.71. The van der Waals surface area contributed by atoms with Crippen LogP contribution in [0.5, 0.6) is 0 Å². The molecule has 1 saturated heterocycles. The van der Waals surface area contributed by atoms with Crippen LogP contribution >= 0.6 is 0 Å². The standard InChI is InChI=1S/C21H28N4O4/c1-21(2,3)17(24-20(28)29)19(27)25-12-15(26)10-16(25)18-22-11-14(23-18)9-13-7-5-4-6-8-13/h4-8,11,15-17,24,26H,9-10,12H2,1-3H3,(H,22,23)(H,28,29)/t15-,16+,17?/m1/s1. The topological polar surface area (TPSA) is 119 Å². The molecular formula is C21H28N4O4. The Bertz CT molecular complexity index is 859. The van der Waals surface area contributed by atoms with Crippen molar-refractivity contribution in [1.29, 1.82) is 0 Å². The number of aromatic amines is 1. The lowest BCUT2D eigenvalue weighted by Gasteiger charge is -2.34. The third-order valence-corrected chi connectivity index (χ3v) is 5.14. The average Bonchev–Trinajstić information content (AvgIpc) is 3.25. The first kappa shape index (κ1) is 20.9. The lowest BCUT2D eigenvalue weighted by molar-refractivity contribution is -0.137. The van der Waals surface area contributed by atoms with E-state index in [9.17, 15) is 14.7 Å². The summed E-state index contributed by atoms with van der Waals surface area (Å²) in [5.74, 6) is 0.242. The molecule has 8 heteroatoms. The molecule has 0 saturated carbocycles. The third kappa shape index (κ3) is 4.95. The highest BCUT2D eigenvalue weighted by atomic mass is 16.4. The first-order valence-corrected chi connectivity index (χ1v) is 9.71. The van der Waals surface area contributed by atoms with Crippen molar-refractivity contribution < 1.29 is 19.8 Å². The number of likely N-dealkylation sites (tertiary alicyclic amines) is 1. The molecule has 1 aromatic carbocycles. The molecule has 156 valence electrons. The summed E-state index contributed by atoms with van der Waals surface area (Å²) in [6.07, 6.45) is 0.845. The number of carbonyl (C=O) groups is 2. The normalized spacial score (nSPS) is 20.5. The number of β-amino-alcohol motifs (C(OH)–C–C–N with tert-alkyl or cyclic N) is 1. The van der Waals surface area contributed by atoms with Gasteiger partial charge in [-0.15, -0.1) is 0 Å². The van der Waals surface area contributed by atoms with Gasteiger partial charge >= 0.3 is 6.09 Å². The van der Waals surface area contributed by atoms with E-state index in [0.29, 0.717) is 18.7 Å². The molecule has 2 heterocycles. The highest BCUT2D eigenvalue weighted by Gasteiger charge is 2.43. The lowest BCUT2D eigenvalue weighted by atomic mass is 9.85. The van der Waals surface area contributed by atoms with E-state index in [2.05, 4.69) is 15.3 Å². The number of amides is 2. The van der Waals surface area contributed by atoms with Gasteiger partial charge in [0.05, 0.1) is 12.1 Å². The molecule has 3 rings (SSSR count). The Kier molecular flexibility index (Phi) is 5.93. The monoisotopic (exact) mass is 400 g/mol. The Morgan fingerprint density at radius 1 is 1.31 bits per heavy atom. The zero-order valence-electron chi connectivity index (χ0n) is 16.9. The molecule has 8 nitrogen and oxygen atoms in total. The molecule has 3 atom stereocenters. The van der Waals surface area contributed by atoms with E-state index in [1.54, 1.807) is 27.0 Å². The molecule has 4 N–H and O–H groups in total. The Morgan fingerprint density at radius 2 is 2.00 bits per heavy atom. The number of hydrogen-bond acceptors (Lipinski definition) is 4. The fraction of sp³-hybridized carbons (Fsp3) is 0.476. The SMILES string of the molecule is CC(C)(C)C(NC(=O)O)C(=O)N1C[C@H](O)C[C@H]1c1ncc(Cc2ccccc2)[nH]1. The van der Waals surface area contributed by atoms with Gasteiger partial charge in [-0.1, -0.05) is 51.1 Å². The van der Waals surface area contributed by atoms with Crippen LogP contribution in [-0.2, 0) is 11.2 Å². The molecule has 1 aliphatic rings. The van der Waals surface area contributed by atoms with Crippen LogP contribution in [0, 0.1) is 5.41 Å². The van der Waals surface area contributed by atoms with Crippen LogP contribution in [0.15, 0.2) is 36.5 Å². The summed E-state index contributed by atoms with van der Waals surface area (Å²) in [4.78, 5) is 33.7. The maximum absolute atomic E-state index is 13.2. The van der Waals surface area contributed by atoms with Crippen LogP contribution in [0.4, 0.5) is 4.79 Å². The number of imidazole rings is 1. The second-order valence-corrected chi connectivity index (χ2v) is 8.60. The van der Waals surface area contributed by atoms with E-state index in [1.165, 1.54) is 4.90 Å². The molecule has 1 aliphatic heterocycles. The fourth-order valence-corrected chi connectivity index (χ4v) is 3.71. The lowest BCUT2D eigenvalue weighted by Crippen LogP contribution is -2.54. The van der Waals surface area contributed by atoms with Gasteiger partial charge in [-0.05, 0) is 11.0 Å². The summed E-state index contributed by atoms with van der Waals surface area (Å²) >= 11 is 0. The summed E-state index contributed by atoms with van der Waals surface area (Å²) in [6, 6.07) is 8.61. The summed E-state index contributed by atoms with van der Waals surface area (Å²) in [5.41, 5.74) is 1.44. The van der Waals surface area contributed by atoms with Crippen LogP contribution in [0.25, 0.3) is 0 Å². The Morgan fingerprint density at radius 3 is 2.62 bits per heavy atom. The van der Waals surface area contributed by atoms with Gasteiger partial charge in [0.2, 0.25) is 5.91 Å². The average molecular weight is 400 g/mol. The molecule has 1 unspecified atom stereocenters. The second-order valence-electron chi connectivity index (χ2n) is 8.60. The largest absolute Gasteiger partial charge is 0.465 e. The number of aromatic nitrogens is 2. The van der Waals surface area contributed by atoms with Crippen molar-refractivity contribution in [2.75, 3.05) is 6.54 Å². The summed E-state index contributed by atoms with van der Waals surface area (Å²) in [6.45, 7) is 5.56. The Balaban J connectivity index is 1.81. The molecule has 0 spiro atoms. The quantitative estimate of drug-likeness (QED) is 0.614. The zero-order chi connectivity index (χ0) is 21.2. The van der Waals surface area contributed by atoms with Crippen molar-refractivity contribution in [3.05, 3.63) is 53.6 Å². The third-order valence-electron chi connectivity index (χ3n) is 5.14. The van der Waals surface area contributed by atoms with Crippen LogP contribution in [0.3, 0.4) is 0 Å². The predicted molar refractivity (Wildman–Crippen MR) is 107 cm³/mol. The Hall–Kier alpha value is -2.87. The van der Waals surface area contributed by atoms with Crippen LogP contribution in [0.1, 0.15) is 50.3 Å². The van der Waals surface area contributed by atoms with Gasteiger partial charge in [0.15, 0.2) is 0 Å². The van der Waals surface area contributed by atoms with E-state index in [0.717, 1.165) is 11.3 Å². The van der Waals surface area contributed by atoms with Gasteiger partial charge in [-0.2, -0.15) is 0 Å². The van der Waals surface area contributed by atoms with Gasteiger partial charge in [-0.25, -0.2) is 9.78 Å². The molecule has 1 fully saturated rings. The summed E-state index contributed by atoms with van der Waals surface area (Å²) in [5, 5.41) is 21.7. The van der Waals surface area contributed by atoms with Gasteiger partial charge in [0.1, 0.15) is 11.9 Å². The molecule has 0 bridgehead atoms. The molecule has 2 amide bonds. The smallest absolute Gasteiger partial charge is 0.405 e. The van der Waals surface area contributed by atoms with Crippen LogP contribution in [0.2, 0.25) is 0 Å². The highest BCUT2D eigenvalue weighted by molar-refractivity contribution is 5.86. The molecule has 0 aliphatic carbocycles. The van der Waals surface area contributed by atoms with Crippen molar-refractivity contribution in [1.82, 2.24) is 20.2 Å². The van der Waals surface area contributed by atoms with E-state index in [1.807, 2.05) is 30.3 Å². The maximum atomic E-state index is 13.2. The predicted octanol–water partition coefficient (Wildman–Crippen LogP) is 2.32. The van der Waals surface area contributed by atoms with E-state index >= 15 is 0 Å². The minimum Gasteiger partial charge on any atom is -0.465 e. The molecule has 1 aromatic heterocycles. The van der Waals surface area contributed by atoms with E-state index in [4.69, 9.17) is 5.11 Å². The van der Waals surface area contributed by atoms with E-state index < -0.39 is 29.7 Å². The minimum absolute atomic E-state index is 0.145. The number of benzene rings is 1. The number of carboxylic acid groups (broad SMARTS) is 1. The molecular weight excluding hydrogens is 372 g/mol.